The van der Waals surface area contributed by atoms with Gasteiger partial charge in [-0.3, -0.25) is 4.98 Å². The van der Waals surface area contributed by atoms with Crippen LogP contribution in [0.25, 0.3) is 0 Å². The van der Waals surface area contributed by atoms with Gasteiger partial charge < -0.3 is 10.2 Å². The van der Waals surface area contributed by atoms with Crippen molar-refractivity contribution in [3.63, 3.8) is 0 Å². The number of nitriles is 2. The van der Waals surface area contributed by atoms with Gasteiger partial charge in [0.05, 0.1) is 11.1 Å². The van der Waals surface area contributed by atoms with Gasteiger partial charge in [0.15, 0.2) is 0 Å². The number of hydrogen-bond acceptors (Lipinski definition) is 6. The minimum Gasteiger partial charge on any atom is -0.354 e. The topological polar surface area (TPSA) is 88.6 Å². The van der Waals surface area contributed by atoms with Crippen LogP contribution in [0.1, 0.15) is 11.1 Å². The molecule has 0 atom stereocenters. The molecule has 0 aliphatic carbocycles. The summed E-state index contributed by atoms with van der Waals surface area (Å²) < 4.78 is 0. The fourth-order valence-corrected chi connectivity index (χ4v) is 1.96. The van der Waals surface area contributed by atoms with Crippen molar-refractivity contribution < 1.29 is 0 Å². The van der Waals surface area contributed by atoms with E-state index in [1.807, 2.05) is 18.2 Å². The van der Waals surface area contributed by atoms with Crippen LogP contribution in [0.5, 0.6) is 0 Å². The standard InChI is InChI=1S/C10H12N4.C6H4N2/c11-7-9-1-2-10(13-8-9)14-5-3-12-4-6-14;7-4-6-2-1-3-8-5-6/h1-2,8,12H,3-6H2;1-3,5H. The highest BCUT2D eigenvalue weighted by atomic mass is 15.2. The first-order valence-corrected chi connectivity index (χ1v) is 6.95. The molecule has 110 valence electrons. The highest BCUT2D eigenvalue weighted by molar-refractivity contribution is 5.42. The van der Waals surface area contributed by atoms with Crippen molar-refractivity contribution in [3.05, 3.63) is 54.0 Å². The van der Waals surface area contributed by atoms with Crippen molar-refractivity contribution in [2.24, 2.45) is 0 Å². The normalized spacial score (nSPS) is 13.3. The van der Waals surface area contributed by atoms with Gasteiger partial charge in [-0.15, -0.1) is 0 Å². The summed E-state index contributed by atoms with van der Waals surface area (Å²) in [6.45, 7) is 3.97. The van der Waals surface area contributed by atoms with E-state index in [-0.39, 0.29) is 0 Å². The van der Waals surface area contributed by atoms with Crippen LogP contribution in [0, 0.1) is 22.7 Å². The third-order valence-corrected chi connectivity index (χ3v) is 3.11. The van der Waals surface area contributed by atoms with E-state index in [1.165, 1.54) is 6.20 Å². The maximum atomic E-state index is 8.63. The summed E-state index contributed by atoms with van der Waals surface area (Å²) in [4.78, 5) is 10.2. The summed E-state index contributed by atoms with van der Waals surface area (Å²) in [5.41, 5.74) is 1.22. The molecular formula is C16H16N6. The molecule has 3 heterocycles. The second-order valence-corrected chi connectivity index (χ2v) is 4.61. The van der Waals surface area contributed by atoms with Gasteiger partial charge >= 0.3 is 0 Å². The third-order valence-electron chi connectivity index (χ3n) is 3.11. The Labute approximate surface area is 129 Å². The highest BCUT2D eigenvalue weighted by Crippen LogP contribution is 2.11. The number of nitrogens with zero attached hydrogens (tertiary/aromatic N) is 5. The van der Waals surface area contributed by atoms with Crippen LogP contribution in [0.4, 0.5) is 5.82 Å². The molecule has 0 saturated carbocycles. The Morgan fingerprint density at radius 1 is 1.00 bits per heavy atom. The number of anilines is 1. The van der Waals surface area contributed by atoms with Crippen LogP contribution in [0.3, 0.4) is 0 Å². The molecule has 2 aromatic rings. The second kappa shape index (κ2) is 8.35. The largest absolute Gasteiger partial charge is 0.354 e. The Morgan fingerprint density at radius 3 is 2.23 bits per heavy atom. The molecule has 1 fully saturated rings. The van der Waals surface area contributed by atoms with Crippen LogP contribution >= 0.6 is 0 Å². The Kier molecular flexibility index (Phi) is 5.86. The van der Waals surface area contributed by atoms with Gasteiger partial charge in [0.25, 0.3) is 0 Å². The van der Waals surface area contributed by atoms with Crippen molar-refractivity contribution in [2.75, 3.05) is 31.1 Å². The summed E-state index contributed by atoms with van der Waals surface area (Å²) in [7, 11) is 0. The molecule has 6 heteroatoms. The van der Waals surface area contributed by atoms with Gasteiger partial charge in [0.2, 0.25) is 0 Å². The SMILES string of the molecule is N#Cc1ccc(N2CCNCC2)nc1.N#Cc1cccnc1. The second-order valence-electron chi connectivity index (χ2n) is 4.61. The zero-order valence-corrected chi connectivity index (χ0v) is 12.1. The lowest BCUT2D eigenvalue weighted by Crippen LogP contribution is -2.43. The molecule has 0 bridgehead atoms. The molecule has 0 unspecified atom stereocenters. The van der Waals surface area contributed by atoms with Crippen LogP contribution in [-0.4, -0.2) is 36.1 Å². The van der Waals surface area contributed by atoms with Crippen LogP contribution in [0.15, 0.2) is 42.9 Å². The molecule has 1 aliphatic heterocycles. The van der Waals surface area contributed by atoms with Crippen LogP contribution in [0.2, 0.25) is 0 Å². The Balaban J connectivity index is 0.000000188. The van der Waals surface area contributed by atoms with Gasteiger partial charge in [-0.05, 0) is 24.3 Å². The van der Waals surface area contributed by atoms with Crippen LogP contribution < -0.4 is 10.2 Å². The van der Waals surface area contributed by atoms with Crippen molar-refractivity contribution >= 4 is 5.82 Å². The zero-order valence-electron chi connectivity index (χ0n) is 12.1. The molecule has 3 rings (SSSR count). The maximum absolute atomic E-state index is 8.63. The smallest absolute Gasteiger partial charge is 0.128 e. The molecule has 22 heavy (non-hydrogen) atoms. The summed E-state index contributed by atoms with van der Waals surface area (Å²) >= 11 is 0. The molecule has 1 N–H and O–H groups in total. The number of hydrogen-bond donors (Lipinski definition) is 1. The monoisotopic (exact) mass is 292 g/mol. The van der Waals surface area contributed by atoms with Gasteiger partial charge in [-0.25, -0.2) is 4.98 Å². The van der Waals surface area contributed by atoms with Gasteiger partial charge in [0.1, 0.15) is 18.0 Å². The average Bonchev–Trinajstić information content (AvgIpc) is 2.64. The predicted molar refractivity (Wildman–Crippen MR) is 83.0 cm³/mol. The number of pyridine rings is 2. The molecule has 6 nitrogen and oxygen atoms in total. The van der Waals surface area contributed by atoms with E-state index in [1.54, 1.807) is 24.5 Å². The molecule has 0 radical (unpaired) electrons. The molecule has 0 spiro atoms. The lowest BCUT2D eigenvalue weighted by molar-refractivity contribution is 0.585. The van der Waals surface area contributed by atoms with Gasteiger partial charge in [-0.2, -0.15) is 10.5 Å². The van der Waals surface area contributed by atoms with Crippen molar-refractivity contribution in [1.82, 2.24) is 15.3 Å². The lowest BCUT2D eigenvalue weighted by Gasteiger charge is -2.28. The van der Waals surface area contributed by atoms with E-state index in [0.717, 1.165) is 32.0 Å². The predicted octanol–water partition coefficient (Wildman–Crippen LogP) is 1.32. The van der Waals surface area contributed by atoms with Gasteiger partial charge in [-0.1, -0.05) is 0 Å². The number of piperazine rings is 1. The first-order valence-electron chi connectivity index (χ1n) is 6.95. The first kappa shape index (κ1) is 15.4. The molecule has 0 aromatic carbocycles. The highest BCUT2D eigenvalue weighted by Gasteiger charge is 2.10. The minimum atomic E-state index is 0.604. The van der Waals surface area contributed by atoms with E-state index in [0.29, 0.717) is 11.1 Å². The third kappa shape index (κ3) is 4.55. The summed E-state index contributed by atoms with van der Waals surface area (Å²) in [5, 5.41) is 20.2. The van der Waals surface area contributed by atoms with Crippen molar-refractivity contribution in [2.45, 2.75) is 0 Å². The Bertz CT molecular complexity index is 648. The van der Waals surface area contributed by atoms with Gasteiger partial charge in [0, 0.05) is 44.8 Å². The summed E-state index contributed by atoms with van der Waals surface area (Å²) in [6, 6.07) is 11.2. The number of aromatic nitrogens is 2. The molecule has 1 aliphatic rings. The maximum Gasteiger partial charge on any atom is 0.128 e. The van der Waals surface area contributed by atoms with E-state index >= 15 is 0 Å². The van der Waals surface area contributed by atoms with E-state index in [4.69, 9.17) is 10.5 Å². The number of nitrogens with one attached hydrogen (secondary N) is 1. The fraction of sp³-hybridized carbons (Fsp3) is 0.250. The average molecular weight is 292 g/mol. The molecular weight excluding hydrogens is 276 g/mol. The zero-order chi connectivity index (χ0) is 15.6. The summed E-state index contributed by atoms with van der Waals surface area (Å²) in [6.07, 6.45) is 4.79. The van der Waals surface area contributed by atoms with Crippen molar-refractivity contribution in [1.29, 1.82) is 10.5 Å². The minimum absolute atomic E-state index is 0.604. The summed E-state index contributed by atoms with van der Waals surface area (Å²) in [5.74, 6) is 0.963. The van der Waals surface area contributed by atoms with Crippen molar-refractivity contribution in [3.8, 4) is 12.1 Å². The fourth-order valence-electron chi connectivity index (χ4n) is 1.96. The van der Waals surface area contributed by atoms with E-state index in [2.05, 4.69) is 26.3 Å². The molecule has 2 aromatic heterocycles. The number of rotatable bonds is 1. The first-order chi connectivity index (χ1) is 10.8. The van der Waals surface area contributed by atoms with E-state index in [9.17, 15) is 0 Å². The Morgan fingerprint density at radius 2 is 1.73 bits per heavy atom. The Hall–Kier alpha value is -2.96. The molecule has 1 saturated heterocycles. The lowest BCUT2D eigenvalue weighted by atomic mass is 10.3. The molecule has 0 amide bonds. The van der Waals surface area contributed by atoms with Crippen LogP contribution in [-0.2, 0) is 0 Å². The van der Waals surface area contributed by atoms with E-state index < -0.39 is 0 Å². The quantitative estimate of drug-likeness (QED) is 0.852.